The van der Waals surface area contributed by atoms with Crippen LogP contribution in [-0.2, 0) is 11.2 Å². The Bertz CT molecular complexity index is 553. The Morgan fingerprint density at radius 2 is 1.95 bits per heavy atom. The number of phenolic OH excluding ortho intramolecular Hbond substituents is 1. The third kappa shape index (κ3) is 3.98. The summed E-state index contributed by atoms with van der Waals surface area (Å²) in [6, 6.07) is 3.77. The Hall–Kier alpha value is -2.08. The molecule has 1 unspecified atom stereocenters. The van der Waals surface area contributed by atoms with E-state index in [0.717, 1.165) is 25.7 Å². The molecule has 0 aromatic heterocycles. The Morgan fingerprint density at radius 3 is 2.59 bits per heavy atom. The molecule has 0 heterocycles. The van der Waals surface area contributed by atoms with Gasteiger partial charge in [-0.3, -0.25) is 9.59 Å². The van der Waals surface area contributed by atoms with Crippen LogP contribution in [-0.4, -0.2) is 34.2 Å². The number of phenols is 1. The van der Waals surface area contributed by atoms with Crippen LogP contribution in [0.4, 0.5) is 0 Å². The maximum absolute atomic E-state index is 12.3. The van der Waals surface area contributed by atoms with Crippen LogP contribution in [0, 0.1) is 0 Å². The van der Waals surface area contributed by atoms with Crippen molar-refractivity contribution < 1.29 is 19.8 Å². The zero-order chi connectivity index (χ0) is 16.1. The van der Waals surface area contributed by atoms with E-state index in [1.54, 1.807) is 12.1 Å². The molecule has 1 atom stereocenters. The Balaban J connectivity index is 2.10. The van der Waals surface area contributed by atoms with E-state index in [9.17, 15) is 14.7 Å². The second-order valence-corrected chi connectivity index (χ2v) is 5.77. The number of nitrogens with one attached hydrogen (secondary N) is 1. The fraction of sp³-hybridized carbons (Fsp3) is 0.500. The first-order valence-corrected chi connectivity index (χ1v) is 7.59. The molecule has 1 saturated carbocycles. The standard InChI is InChI=1S/C16H22N2O4/c17-13(16(21)22)9-10-5-4-8-12(14(10)19)15(20)18-11-6-2-1-3-7-11/h4-5,8,11,13,19H,1-3,6-7,9,17H2,(H,18,20)(H,21,22). The number of carbonyl (C=O) groups excluding carboxylic acids is 1. The van der Waals surface area contributed by atoms with Gasteiger partial charge in [0.05, 0.1) is 5.56 Å². The van der Waals surface area contributed by atoms with Gasteiger partial charge in [-0.05, 0) is 24.5 Å². The van der Waals surface area contributed by atoms with Crippen LogP contribution in [0.15, 0.2) is 18.2 Å². The van der Waals surface area contributed by atoms with Crippen LogP contribution in [0.5, 0.6) is 5.75 Å². The molecule has 6 nitrogen and oxygen atoms in total. The zero-order valence-electron chi connectivity index (χ0n) is 12.4. The number of benzene rings is 1. The molecule has 6 heteroatoms. The number of carboxylic acids is 1. The highest BCUT2D eigenvalue weighted by molar-refractivity contribution is 5.97. The van der Waals surface area contributed by atoms with Gasteiger partial charge in [-0.2, -0.15) is 0 Å². The van der Waals surface area contributed by atoms with Crippen LogP contribution in [0.3, 0.4) is 0 Å². The van der Waals surface area contributed by atoms with Gasteiger partial charge in [0.1, 0.15) is 11.8 Å². The molecule has 0 radical (unpaired) electrons. The van der Waals surface area contributed by atoms with Crippen molar-refractivity contribution in [1.29, 1.82) is 0 Å². The number of hydrogen-bond acceptors (Lipinski definition) is 4. The lowest BCUT2D eigenvalue weighted by molar-refractivity contribution is -0.138. The molecule has 2 rings (SSSR count). The highest BCUT2D eigenvalue weighted by Crippen LogP contribution is 2.25. The third-order valence-corrected chi connectivity index (χ3v) is 4.06. The normalized spacial score (nSPS) is 17.0. The molecule has 1 aliphatic rings. The predicted octanol–water partition coefficient (Wildman–Crippen LogP) is 1.41. The smallest absolute Gasteiger partial charge is 0.320 e. The molecule has 120 valence electrons. The molecular formula is C16H22N2O4. The highest BCUT2D eigenvalue weighted by Gasteiger charge is 2.21. The Kier molecular flexibility index (Phi) is 5.38. The minimum absolute atomic E-state index is 0.0221. The van der Waals surface area contributed by atoms with E-state index in [1.807, 2.05) is 0 Å². The first kappa shape index (κ1) is 16.3. The lowest BCUT2D eigenvalue weighted by atomic mass is 9.95. The van der Waals surface area contributed by atoms with Crippen molar-refractivity contribution in [3.63, 3.8) is 0 Å². The fourth-order valence-corrected chi connectivity index (χ4v) is 2.77. The van der Waals surface area contributed by atoms with Crippen molar-refractivity contribution in [1.82, 2.24) is 5.32 Å². The van der Waals surface area contributed by atoms with E-state index in [0.29, 0.717) is 5.56 Å². The lowest BCUT2D eigenvalue weighted by Crippen LogP contribution is -2.36. The summed E-state index contributed by atoms with van der Waals surface area (Å²) < 4.78 is 0. The van der Waals surface area contributed by atoms with E-state index in [-0.39, 0.29) is 29.7 Å². The number of carboxylic acid groups (broad SMARTS) is 1. The number of aliphatic carboxylic acids is 1. The summed E-state index contributed by atoms with van der Waals surface area (Å²) >= 11 is 0. The van der Waals surface area contributed by atoms with Crippen molar-refractivity contribution in [3.05, 3.63) is 29.3 Å². The van der Waals surface area contributed by atoms with Gasteiger partial charge in [-0.25, -0.2) is 0 Å². The lowest BCUT2D eigenvalue weighted by Gasteiger charge is -2.23. The molecular weight excluding hydrogens is 284 g/mol. The van der Waals surface area contributed by atoms with Gasteiger partial charge in [-0.15, -0.1) is 0 Å². The maximum Gasteiger partial charge on any atom is 0.320 e. The van der Waals surface area contributed by atoms with Gasteiger partial charge in [0.25, 0.3) is 5.91 Å². The predicted molar refractivity (Wildman–Crippen MR) is 81.8 cm³/mol. The summed E-state index contributed by atoms with van der Waals surface area (Å²) in [5.74, 6) is -1.65. The average molecular weight is 306 g/mol. The van der Waals surface area contributed by atoms with E-state index in [4.69, 9.17) is 10.8 Å². The fourth-order valence-electron chi connectivity index (χ4n) is 2.77. The summed E-state index contributed by atoms with van der Waals surface area (Å²) in [7, 11) is 0. The molecule has 1 fully saturated rings. The SMILES string of the molecule is NC(Cc1cccc(C(=O)NC2CCCCC2)c1O)C(=O)O. The first-order valence-electron chi connectivity index (χ1n) is 7.59. The highest BCUT2D eigenvalue weighted by atomic mass is 16.4. The molecule has 1 aliphatic carbocycles. The maximum atomic E-state index is 12.3. The molecule has 1 aromatic carbocycles. The van der Waals surface area contributed by atoms with Crippen molar-refractivity contribution in [2.24, 2.45) is 5.73 Å². The minimum atomic E-state index is -1.14. The topological polar surface area (TPSA) is 113 Å². The summed E-state index contributed by atoms with van der Waals surface area (Å²) in [6.45, 7) is 0. The number of amides is 1. The summed E-state index contributed by atoms with van der Waals surface area (Å²) in [4.78, 5) is 23.1. The second kappa shape index (κ2) is 7.26. The molecule has 0 saturated heterocycles. The quantitative estimate of drug-likeness (QED) is 0.657. The third-order valence-electron chi connectivity index (χ3n) is 4.06. The van der Waals surface area contributed by atoms with Crippen LogP contribution in [0.25, 0.3) is 0 Å². The van der Waals surface area contributed by atoms with E-state index < -0.39 is 12.0 Å². The summed E-state index contributed by atoms with van der Waals surface area (Å²) in [6.07, 6.45) is 5.28. The number of para-hydroxylation sites is 1. The van der Waals surface area contributed by atoms with Crippen LogP contribution >= 0.6 is 0 Å². The molecule has 0 aliphatic heterocycles. The molecule has 5 N–H and O–H groups in total. The van der Waals surface area contributed by atoms with Crippen LogP contribution in [0.1, 0.15) is 48.0 Å². The molecule has 1 amide bonds. The monoisotopic (exact) mass is 306 g/mol. The van der Waals surface area contributed by atoms with Crippen LogP contribution < -0.4 is 11.1 Å². The van der Waals surface area contributed by atoms with E-state index in [1.165, 1.54) is 12.5 Å². The average Bonchev–Trinajstić information content (AvgIpc) is 2.50. The van der Waals surface area contributed by atoms with E-state index in [2.05, 4.69) is 5.32 Å². The molecule has 1 aromatic rings. The van der Waals surface area contributed by atoms with Crippen molar-refractivity contribution in [2.75, 3.05) is 0 Å². The first-order chi connectivity index (χ1) is 10.5. The van der Waals surface area contributed by atoms with E-state index >= 15 is 0 Å². The van der Waals surface area contributed by atoms with Gasteiger partial charge in [0.2, 0.25) is 0 Å². The molecule has 22 heavy (non-hydrogen) atoms. The van der Waals surface area contributed by atoms with Crippen molar-refractivity contribution in [2.45, 2.75) is 50.6 Å². The number of aromatic hydroxyl groups is 1. The second-order valence-electron chi connectivity index (χ2n) is 5.77. The number of nitrogens with two attached hydrogens (primary N) is 1. The Labute approximate surface area is 129 Å². The zero-order valence-corrected chi connectivity index (χ0v) is 12.4. The van der Waals surface area contributed by atoms with Crippen molar-refractivity contribution in [3.8, 4) is 5.75 Å². The molecule has 0 spiro atoms. The number of hydrogen-bond donors (Lipinski definition) is 4. The summed E-state index contributed by atoms with van der Waals surface area (Å²) in [5.41, 5.74) is 6.02. The largest absolute Gasteiger partial charge is 0.507 e. The van der Waals surface area contributed by atoms with Gasteiger partial charge < -0.3 is 21.3 Å². The van der Waals surface area contributed by atoms with Gasteiger partial charge in [0.15, 0.2) is 0 Å². The van der Waals surface area contributed by atoms with Gasteiger partial charge in [0, 0.05) is 12.5 Å². The van der Waals surface area contributed by atoms with Crippen molar-refractivity contribution >= 4 is 11.9 Å². The number of carbonyl (C=O) groups is 2. The molecule has 0 bridgehead atoms. The summed E-state index contributed by atoms with van der Waals surface area (Å²) in [5, 5.41) is 22.0. The number of rotatable bonds is 5. The van der Waals surface area contributed by atoms with Crippen LogP contribution in [0.2, 0.25) is 0 Å². The minimum Gasteiger partial charge on any atom is -0.507 e. The Morgan fingerprint density at radius 1 is 1.27 bits per heavy atom. The van der Waals surface area contributed by atoms with Gasteiger partial charge in [-0.1, -0.05) is 31.4 Å². The van der Waals surface area contributed by atoms with Gasteiger partial charge >= 0.3 is 5.97 Å².